The van der Waals surface area contributed by atoms with Gasteiger partial charge in [0.15, 0.2) is 6.29 Å². The van der Waals surface area contributed by atoms with Gasteiger partial charge in [-0.25, -0.2) is 13.1 Å². The lowest BCUT2D eigenvalue weighted by Crippen LogP contribution is -2.37. The van der Waals surface area contributed by atoms with Gasteiger partial charge in [0.1, 0.15) is 0 Å². The summed E-state index contributed by atoms with van der Waals surface area (Å²) in [7, 11) is -1.85. The monoisotopic (exact) mass is 255 g/mol. The Balaban J connectivity index is 3.97. The van der Waals surface area contributed by atoms with E-state index in [9.17, 15) is 8.42 Å². The van der Waals surface area contributed by atoms with Crippen LogP contribution in [-0.4, -0.2) is 53.9 Å². The molecule has 0 atom stereocenters. The minimum absolute atomic E-state index is 0.0610. The van der Waals surface area contributed by atoms with Crippen LogP contribution < -0.4 is 4.72 Å². The van der Waals surface area contributed by atoms with E-state index in [1.54, 1.807) is 0 Å². The molecular weight excluding hydrogens is 234 g/mol. The molecule has 0 spiro atoms. The highest BCUT2D eigenvalue weighted by atomic mass is 32.2. The fraction of sp³-hybridized carbons (Fsp3) is 1.00. The highest BCUT2D eigenvalue weighted by molar-refractivity contribution is 7.89. The van der Waals surface area contributed by atoms with E-state index in [4.69, 9.17) is 14.2 Å². The largest absolute Gasteiger partial charge is 0.384 e. The summed E-state index contributed by atoms with van der Waals surface area (Å²) in [6.07, 6.45) is -0.535. The molecule has 0 heterocycles. The fourth-order valence-electron chi connectivity index (χ4n) is 0.998. The molecule has 0 aliphatic heterocycles. The van der Waals surface area contributed by atoms with E-state index in [2.05, 4.69) is 4.72 Å². The van der Waals surface area contributed by atoms with E-state index < -0.39 is 16.3 Å². The number of methoxy groups -OCH3 is 1. The van der Waals surface area contributed by atoms with Gasteiger partial charge in [0.05, 0.1) is 18.9 Å². The molecule has 0 bridgehead atoms. The Morgan fingerprint density at radius 1 is 1.19 bits per heavy atom. The normalized spacial score (nSPS) is 12.2. The minimum Gasteiger partial charge on any atom is -0.384 e. The van der Waals surface area contributed by atoms with Crippen LogP contribution in [0.3, 0.4) is 0 Å². The first-order chi connectivity index (χ1) is 7.55. The predicted octanol–water partition coefficient (Wildman–Crippen LogP) is -0.0487. The summed E-state index contributed by atoms with van der Waals surface area (Å²) < 4.78 is 40.3. The van der Waals surface area contributed by atoms with Crippen LogP contribution in [0.4, 0.5) is 0 Å². The van der Waals surface area contributed by atoms with Crippen molar-refractivity contribution in [1.82, 2.24) is 4.72 Å². The molecular formula is C9H21NO5S. The van der Waals surface area contributed by atoms with Crippen molar-refractivity contribution in [2.75, 3.05) is 39.2 Å². The van der Waals surface area contributed by atoms with E-state index in [1.165, 1.54) is 7.11 Å². The minimum atomic E-state index is -3.31. The van der Waals surface area contributed by atoms with Gasteiger partial charge in [-0.05, 0) is 13.8 Å². The van der Waals surface area contributed by atoms with Crippen molar-refractivity contribution >= 4 is 10.0 Å². The van der Waals surface area contributed by atoms with E-state index in [0.717, 1.165) is 0 Å². The number of rotatable bonds is 10. The average molecular weight is 255 g/mol. The molecule has 0 amide bonds. The van der Waals surface area contributed by atoms with Crippen LogP contribution in [-0.2, 0) is 24.2 Å². The molecule has 0 aromatic heterocycles. The van der Waals surface area contributed by atoms with Crippen LogP contribution >= 0.6 is 0 Å². The van der Waals surface area contributed by atoms with Crippen LogP contribution in [0.1, 0.15) is 13.8 Å². The maximum atomic E-state index is 11.4. The second kappa shape index (κ2) is 8.89. The smallest absolute Gasteiger partial charge is 0.214 e. The van der Waals surface area contributed by atoms with Crippen LogP contribution in [0, 0.1) is 0 Å². The lowest BCUT2D eigenvalue weighted by molar-refractivity contribution is -0.130. The number of hydrogen-bond acceptors (Lipinski definition) is 5. The van der Waals surface area contributed by atoms with Crippen LogP contribution in [0.2, 0.25) is 0 Å². The topological polar surface area (TPSA) is 73.9 Å². The third-order valence-corrected chi connectivity index (χ3v) is 3.04. The Morgan fingerprint density at radius 2 is 1.75 bits per heavy atom. The van der Waals surface area contributed by atoms with Crippen molar-refractivity contribution in [3.63, 3.8) is 0 Å². The first-order valence-corrected chi connectivity index (χ1v) is 6.90. The van der Waals surface area contributed by atoms with Gasteiger partial charge in [0.2, 0.25) is 10.0 Å². The Hall–Kier alpha value is -0.210. The van der Waals surface area contributed by atoms with E-state index in [1.807, 2.05) is 13.8 Å². The first-order valence-electron chi connectivity index (χ1n) is 5.25. The quantitative estimate of drug-likeness (QED) is 0.554. The molecule has 0 aliphatic carbocycles. The zero-order valence-electron chi connectivity index (χ0n) is 10.1. The Kier molecular flexibility index (Phi) is 8.77. The predicted molar refractivity (Wildman–Crippen MR) is 60.7 cm³/mol. The van der Waals surface area contributed by atoms with Crippen molar-refractivity contribution in [2.24, 2.45) is 0 Å². The van der Waals surface area contributed by atoms with Gasteiger partial charge in [0, 0.05) is 20.3 Å². The van der Waals surface area contributed by atoms with Gasteiger partial charge in [-0.15, -0.1) is 0 Å². The fourth-order valence-corrected chi connectivity index (χ4v) is 1.92. The van der Waals surface area contributed by atoms with Gasteiger partial charge in [-0.2, -0.15) is 0 Å². The van der Waals surface area contributed by atoms with Crippen LogP contribution in [0.5, 0.6) is 0 Å². The summed E-state index contributed by atoms with van der Waals surface area (Å²) >= 11 is 0. The van der Waals surface area contributed by atoms with Crippen molar-refractivity contribution in [2.45, 2.75) is 20.1 Å². The second-order valence-electron chi connectivity index (χ2n) is 3.00. The lowest BCUT2D eigenvalue weighted by atomic mass is 10.6. The zero-order valence-corrected chi connectivity index (χ0v) is 10.9. The molecule has 1 N–H and O–H groups in total. The molecule has 6 nitrogen and oxygen atoms in total. The van der Waals surface area contributed by atoms with Gasteiger partial charge < -0.3 is 14.2 Å². The third kappa shape index (κ3) is 8.00. The molecule has 0 saturated heterocycles. The lowest BCUT2D eigenvalue weighted by Gasteiger charge is -2.17. The van der Waals surface area contributed by atoms with Gasteiger partial charge in [-0.1, -0.05) is 0 Å². The zero-order chi connectivity index (χ0) is 12.4. The first kappa shape index (κ1) is 15.8. The molecule has 0 unspecified atom stereocenters. The van der Waals surface area contributed by atoms with Gasteiger partial charge >= 0.3 is 0 Å². The molecule has 7 heteroatoms. The highest BCUT2D eigenvalue weighted by Crippen LogP contribution is 1.95. The Morgan fingerprint density at radius 3 is 2.19 bits per heavy atom. The molecule has 0 aliphatic rings. The molecule has 0 saturated carbocycles. The third-order valence-electron chi connectivity index (χ3n) is 1.73. The molecule has 0 rings (SSSR count). The maximum absolute atomic E-state index is 11.4. The molecule has 0 aromatic carbocycles. The van der Waals surface area contributed by atoms with Crippen LogP contribution in [0.15, 0.2) is 0 Å². The molecule has 0 fully saturated rings. The van der Waals surface area contributed by atoms with E-state index >= 15 is 0 Å². The van der Waals surface area contributed by atoms with Gasteiger partial charge in [0.25, 0.3) is 0 Å². The number of ether oxygens (including phenoxy) is 3. The summed E-state index contributed by atoms with van der Waals surface area (Å²) in [4.78, 5) is 0. The average Bonchev–Trinajstić information content (AvgIpc) is 2.24. The number of nitrogens with one attached hydrogen (secondary N) is 1. The van der Waals surface area contributed by atoms with Crippen molar-refractivity contribution < 1.29 is 22.6 Å². The Bertz CT molecular complexity index is 249. The second-order valence-corrected chi connectivity index (χ2v) is 4.93. The molecule has 98 valence electrons. The standard InChI is InChI=1S/C9H21NO5S/c1-4-14-9(15-5-2)8-10-16(11,12)7-6-13-3/h9-10H,4-8H2,1-3H3. The van der Waals surface area contributed by atoms with E-state index in [-0.39, 0.29) is 18.9 Å². The van der Waals surface area contributed by atoms with Crippen molar-refractivity contribution in [3.05, 3.63) is 0 Å². The number of hydrogen-bond donors (Lipinski definition) is 1. The van der Waals surface area contributed by atoms with Crippen LogP contribution in [0.25, 0.3) is 0 Å². The van der Waals surface area contributed by atoms with E-state index in [0.29, 0.717) is 13.2 Å². The summed E-state index contributed by atoms with van der Waals surface area (Å²) in [6, 6.07) is 0. The highest BCUT2D eigenvalue weighted by Gasteiger charge is 2.14. The summed E-state index contributed by atoms with van der Waals surface area (Å²) in [5, 5.41) is 0. The maximum Gasteiger partial charge on any atom is 0.214 e. The van der Waals surface area contributed by atoms with Crippen molar-refractivity contribution in [3.8, 4) is 0 Å². The molecule has 0 radical (unpaired) electrons. The Labute approximate surface area is 97.3 Å². The summed E-state index contributed by atoms with van der Waals surface area (Å²) in [5.41, 5.74) is 0. The molecule has 0 aromatic rings. The summed E-state index contributed by atoms with van der Waals surface area (Å²) in [6.45, 7) is 4.89. The van der Waals surface area contributed by atoms with Crippen molar-refractivity contribution in [1.29, 1.82) is 0 Å². The SMILES string of the molecule is CCOC(CNS(=O)(=O)CCOC)OCC. The summed E-state index contributed by atoms with van der Waals surface area (Å²) in [5.74, 6) is -0.0610. The molecule has 16 heavy (non-hydrogen) atoms. The van der Waals surface area contributed by atoms with Gasteiger partial charge in [-0.3, -0.25) is 0 Å². The number of sulfonamides is 1.